The fraction of sp³-hybridized carbons (Fsp3) is 0.684. The molecule has 21 heavy (non-hydrogen) atoms. The van der Waals surface area contributed by atoms with E-state index in [1.54, 1.807) is 0 Å². The minimum Gasteiger partial charge on any atom is -0.311 e. The maximum atomic E-state index is 3.73. The smallest absolute Gasteiger partial charge is 0.0273 e. The van der Waals surface area contributed by atoms with E-state index in [2.05, 4.69) is 70.0 Å². The van der Waals surface area contributed by atoms with Crippen molar-refractivity contribution in [3.05, 3.63) is 34.9 Å². The van der Waals surface area contributed by atoms with Crippen molar-refractivity contribution in [3.63, 3.8) is 0 Å². The molecule has 1 N–H and O–H groups in total. The van der Waals surface area contributed by atoms with Gasteiger partial charge >= 0.3 is 0 Å². The average Bonchev–Trinajstić information content (AvgIpc) is 2.41. The van der Waals surface area contributed by atoms with Crippen LogP contribution in [0.1, 0.15) is 50.8 Å². The second-order valence-corrected chi connectivity index (χ2v) is 7.70. The molecule has 0 aromatic heterocycles. The fourth-order valence-corrected chi connectivity index (χ4v) is 3.49. The minimum atomic E-state index is 0.308. The highest BCUT2D eigenvalue weighted by Crippen LogP contribution is 2.29. The van der Waals surface area contributed by atoms with Crippen LogP contribution in [0.3, 0.4) is 0 Å². The molecule has 1 fully saturated rings. The molecule has 0 aliphatic carbocycles. The SMILES string of the molecule is CCC1CN(Cc2c(C)cccc2C)C(C(C)(C)C)CN1. The van der Waals surface area contributed by atoms with Crippen LogP contribution in [-0.4, -0.2) is 30.1 Å². The Bertz CT molecular complexity index is 453. The van der Waals surface area contributed by atoms with E-state index < -0.39 is 0 Å². The molecular weight excluding hydrogens is 256 g/mol. The van der Waals surface area contributed by atoms with Gasteiger partial charge in [-0.3, -0.25) is 4.90 Å². The number of hydrogen-bond donors (Lipinski definition) is 1. The number of nitrogens with one attached hydrogen (secondary N) is 1. The van der Waals surface area contributed by atoms with Gasteiger partial charge in [0.1, 0.15) is 0 Å². The predicted octanol–water partition coefficient (Wildman–Crippen LogP) is 3.90. The number of rotatable bonds is 3. The molecule has 1 saturated heterocycles. The molecule has 2 nitrogen and oxygen atoms in total. The Labute approximate surface area is 130 Å². The third-order valence-electron chi connectivity index (χ3n) is 4.99. The maximum absolute atomic E-state index is 3.73. The predicted molar refractivity (Wildman–Crippen MR) is 91.7 cm³/mol. The number of nitrogens with zero attached hydrogens (tertiary/aromatic N) is 1. The zero-order valence-corrected chi connectivity index (χ0v) is 14.7. The zero-order valence-electron chi connectivity index (χ0n) is 14.7. The molecule has 2 unspecified atom stereocenters. The van der Waals surface area contributed by atoms with E-state index in [0.717, 1.165) is 19.6 Å². The molecule has 118 valence electrons. The highest BCUT2D eigenvalue weighted by atomic mass is 15.2. The van der Waals surface area contributed by atoms with Crippen LogP contribution in [-0.2, 0) is 6.54 Å². The van der Waals surface area contributed by atoms with Gasteiger partial charge < -0.3 is 5.32 Å². The second-order valence-electron chi connectivity index (χ2n) is 7.70. The van der Waals surface area contributed by atoms with Crippen LogP contribution in [0.25, 0.3) is 0 Å². The van der Waals surface area contributed by atoms with Crippen molar-refractivity contribution in [2.45, 2.75) is 66.6 Å². The highest BCUT2D eigenvalue weighted by molar-refractivity contribution is 5.33. The molecule has 0 radical (unpaired) electrons. The summed E-state index contributed by atoms with van der Waals surface area (Å²) in [5.74, 6) is 0. The van der Waals surface area contributed by atoms with Crippen molar-refractivity contribution in [2.24, 2.45) is 5.41 Å². The lowest BCUT2D eigenvalue weighted by Gasteiger charge is -2.46. The average molecular weight is 288 g/mol. The van der Waals surface area contributed by atoms with Gasteiger partial charge in [0.15, 0.2) is 0 Å². The van der Waals surface area contributed by atoms with Crippen LogP contribution in [0.2, 0.25) is 0 Å². The number of piperazine rings is 1. The Hall–Kier alpha value is -0.860. The normalized spacial score (nSPS) is 24.3. The molecule has 0 bridgehead atoms. The molecule has 1 aliphatic heterocycles. The number of hydrogen-bond acceptors (Lipinski definition) is 2. The lowest BCUT2D eigenvalue weighted by molar-refractivity contribution is 0.0482. The van der Waals surface area contributed by atoms with Crippen molar-refractivity contribution in [2.75, 3.05) is 13.1 Å². The van der Waals surface area contributed by atoms with Gasteiger partial charge in [-0.1, -0.05) is 45.9 Å². The Balaban J connectivity index is 2.24. The van der Waals surface area contributed by atoms with Gasteiger partial charge in [0.05, 0.1) is 0 Å². The lowest BCUT2D eigenvalue weighted by atomic mass is 9.83. The summed E-state index contributed by atoms with van der Waals surface area (Å²) in [6, 6.07) is 7.89. The van der Waals surface area contributed by atoms with Crippen LogP contribution in [0, 0.1) is 19.3 Å². The molecule has 0 amide bonds. The summed E-state index contributed by atoms with van der Waals surface area (Å²) >= 11 is 0. The molecular formula is C19H32N2. The first-order valence-electron chi connectivity index (χ1n) is 8.35. The van der Waals surface area contributed by atoms with E-state index >= 15 is 0 Å². The van der Waals surface area contributed by atoms with Crippen molar-refractivity contribution in [1.82, 2.24) is 10.2 Å². The van der Waals surface area contributed by atoms with Crippen LogP contribution >= 0.6 is 0 Å². The van der Waals surface area contributed by atoms with E-state index in [9.17, 15) is 0 Å². The van der Waals surface area contributed by atoms with Crippen molar-refractivity contribution >= 4 is 0 Å². The number of benzene rings is 1. The molecule has 2 heteroatoms. The summed E-state index contributed by atoms with van der Waals surface area (Å²) < 4.78 is 0. The maximum Gasteiger partial charge on any atom is 0.0273 e. The molecule has 1 aliphatic rings. The summed E-state index contributed by atoms with van der Waals surface area (Å²) in [4.78, 5) is 2.71. The molecule has 1 heterocycles. The van der Waals surface area contributed by atoms with Gasteiger partial charge in [-0.2, -0.15) is 0 Å². The summed E-state index contributed by atoms with van der Waals surface area (Å²) in [6.45, 7) is 17.2. The van der Waals surface area contributed by atoms with E-state index in [0.29, 0.717) is 17.5 Å². The van der Waals surface area contributed by atoms with Crippen molar-refractivity contribution in [3.8, 4) is 0 Å². The van der Waals surface area contributed by atoms with Gasteiger partial charge in [0, 0.05) is 31.7 Å². The molecule has 0 saturated carbocycles. The van der Waals surface area contributed by atoms with E-state index in [4.69, 9.17) is 0 Å². The van der Waals surface area contributed by atoms with E-state index in [1.165, 1.54) is 23.1 Å². The van der Waals surface area contributed by atoms with Gasteiger partial charge in [-0.15, -0.1) is 0 Å². The molecule has 2 rings (SSSR count). The molecule has 1 aromatic carbocycles. The summed E-state index contributed by atoms with van der Waals surface area (Å²) in [6.07, 6.45) is 1.21. The minimum absolute atomic E-state index is 0.308. The van der Waals surface area contributed by atoms with Crippen molar-refractivity contribution in [1.29, 1.82) is 0 Å². The van der Waals surface area contributed by atoms with Crippen LogP contribution in [0.4, 0.5) is 0 Å². The Kier molecular flexibility index (Phi) is 5.11. The van der Waals surface area contributed by atoms with Crippen LogP contribution in [0.5, 0.6) is 0 Å². The molecule has 1 aromatic rings. The van der Waals surface area contributed by atoms with Gasteiger partial charge in [0.25, 0.3) is 0 Å². The van der Waals surface area contributed by atoms with Gasteiger partial charge in [0.2, 0.25) is 0 Å². The summed E-state index contributed by atoms with van der Waals surface area (Å²) in [5.41, 5.74) is 4.68. The highest BCUT2D eigenvalue weighted by Gasteiger charge is 2.35. The molecule has 0 spiro atoms. The Morgan fingerprint density at radius 2 is 1.81 bits per heavy atom. The third kappa shape index (κ3) is 3.87. The monoisotopic (exact) mass is 288 g/mol. The summed E-state index contributed by atoms with van der Waals surface area (Å²) in [7, 11) is 0. The third-order valence-corrected chi connectivity index (χ3v) is 4.99. The van der Waals surface area contributed by atoms with Gasteiger partial charge in [-0.25, -0.2) is 0 Å². The summed E-state index contributed by atoms with van der Waals surface area (Å²) in [5, 5.41) is 3.73. The lowest BCUT2D eigenvalue weighted by Crippen LogP contribution is -2.60. The quantitative estimate of drug-likeness (QED) is 0.907. The first-order chi connectivity index (χ1) is 9.82. The topological polar surface area (TPSA) is 15.3 Å². The van der Waals surface area contributed by atoms with Crippen LogP contribution < -0.4 is 5.32 Å². The molecule has 2 atom stereocenters. The van der Waals surface area contributed by atoms with E-state index in [-0.39, 0.29) is 0 Å². The first kappa shape index (κ1) is 16.5. The van der Waals surface area contributed by atoms with Crippen molar-refractivity contribution < 1.29 is 0 Å². The fourth-order valence-electron chi connectivity index (χ4n) is 3.49. The van der Waals surface area contributed by atoms with Crippen LogP contribution in [0.15, 0.2) is 18.2 Å². The second kappa shape index (κ2) is 6.50. The largest absolute Gasteiger partial charge is 0.311 e. The standard InChI is InChI=1S/C19H32N2/c1-7-16-12-21(18(11-20-16)19(4,5)6)13-17-14(2)9-8-10-15(17)3/h8-10,16,18,20H,7,11-13H2,1-6H3. The zero-order chi connectivity index (χ0) is 15.6. The van der Waals surface area contributed by atoms with Gasteiger partial charge in [-0.05, 0) is 42.4 Å². The van der Waals surface area contributed by atoms with E-state index in [1.807, 2.05) is 0 Å². The Morgan fingerprint density at radius 1 is 1.19 bits per heavy atom. The number of aryl methyl sites for hydroxylation is 2. The first-order valence-corrected chi connectivity index (χ1v) is 8.35. The Morgan fingerprint density at radius 3 is 2.33 bits per heavy atom.